The first-order chi connectivity index (χ1) is 16.2. The molecule has 3 aromatic rings. The molecule has 0 spiro atoms. The molecule has 0 unspecified atom stereocenters. The lowest BCUT2D eigenvalue weighted by atomic mass is 10.1. The molecule has 0 bridgehead atoms. The maximum absolute atomic E-state index is 5.46. The number of fused-ring (bicyclic) bond motifs is 1. The number of imidazole rings is 1. The molecule has 0 atom stereocenters. The van der Waals surface area contributed by atoms with Gasteiger partial charge in [0.25, 0.3) is 0 Å². The highest BCUT2D eigenvalue weighted by molar-refractivity contribution is 9.10. The molecule has 7 nitrogen and oxygen atoms in total. The van der Waals surface area contributed by atoms with Crippen LogP contribution in [0.1, 0.15) is 18.4 Å². The highest BCUT2D eigenvalue weighted by atomic mass is 79.9. The first-order valence-electron chi connectivity index (χ1n) is 12.1. The van der Waals surface area contributed by atoms with Crippen LogP contribution in [0.4, 0.5) is 5.69 Å². The molecule has 1 N–H and O–H groups in total. The van der Waals surface area contributed by atoms with Crippen molar-refractivity contribution in [3.8, 4) is 11.4 Å². The number of rotatable bonds is 6. The van der Waals surface area contributed by atoms with E-state index in [0.29, 0.717) is 0 Å². The lowest BCUT2D eigenvalue weighted by molar-refractivity contribution is 0.0342. The largest absolute Gasteiger partial charge is 0.379 e. The van der Waals surface area contributed by atoms with Crippen molar-refractivity contribution in [2.75, 3.05) is 63.9 Å². The van der Waals surface area contributed by atoms with Crippen LogP contribution in [-0.2, 0) is 11.3 Å². The molecule has 3 fully saturated rings. The van der Waals surface area contributed by atoms with E-state index in [1.165, 1.54) is 30.6 Å². The van der Waals surface area contributed by atoms with E-state index < -0.39 is 0 Å². The number of aromatic nitrogens is 3. The van der Waals surface area contributed by atoms with Crippen LogP contribution in [-0.4, -0.2) is 83.8 Å². The Morgan fingerprint density at radius 1 is 0.970 bits per heavy atom. The summed E-state index contributed by atoms with van der Waals surface area (Å²) in [7, 11) is 0. The second kappa shape index (κ2) is 9.33. The zero-order valence-electron chi connectivity index (χ0n) is 19.0. The van der Waals surface area contributed by atoms with Crippen molar-refractivity contribution in [1.82, 2.24) is 24.8 Å². The fourth-order valence-electron chi connectivity index (χ4n) is 4.97. The highest BCUT2D eigenvalue weighted by Gasteiger charge is 2.28. The Hall–Kier alpha value is -2.00. The van der Waals surface area contributed by atoms with Crippen LogP contribution in [0.25, 0.3) is 22.6 Å². The van der Waals surface area contributed by atoms with E-state index in [0.717, 1.165) is 92.0 Å². The van der Waals surface area contributed by atoms with Gasteiger partial charge in [0.05, 0.1) is 23.4 Å². The molecule has 2 saturated heterocycles. The van der Waals surface area contributed by atoms with Crippen LogP contribution >= 0.6 is 15.9 Å². The monoisotopic (exact) mass is 510 g/mol. The average molecular weight is 511 g/mol. The number of piperazine rings is 1. The zero-order valence-corrected chi connectivity index (χ0v) is 20.6. The number of H-pyrrole nitrogens is 1. The first kappa shape index (κ1) is 21.5. The van der Waals surface area contributed by atoms with Gasteiger partial charge in [-0.2, -0.15) is 0 Å². The summed E-state index contributed by atoms with van der Waals surface area (Å²) in [6.45, 7) is 10.2. The number of benzene rings is 1. The number of hydrogen-bond donors (Lipinski definition) is 1. The second-order valence-corrected chi connectivity index (χ2v) is 10.4. The third-order valence-corrected chi connectivity index (χ3v) is 7.67. The number of pyridine rings is 1. The summed E-state index contributed by atoms with van der Waals surface area (Å²) in [5, 5.41) is 0. The van der Waals surface area contributed by atoms with E-state index in [4.69, 9.17) is 9.72 Å². The minimum absolute atomic E-state index is 0.779. The maximum Gasteiger partial charge on any atom is 0.180 e. The zero-order chi connectivity index (χ0) is 22.2. The Labute approximate surface area is 203 Å². The number of aromatic amines is 1. The number of nitrogens with one attached hydrogen (secondary N) is 1. The molecule has 2 aromatic heterocycles. The van der Waals surface area contributed by atoms with E-state index in [1.807, 2.05) is 6.20 Å². The molecule has 174 valence electrons. The van der Waals surface area contributed by atoms with Crippen LogP contribution in [0, 0.1) is 5.92 Å². The van der Waals surface area contributed by atoms with Crippen LogP contribution in [0.15, 0.2) is 34.9 Å². The van der Waals surface area contributed by atoms with E-state index in [1.54, 1.807) is 0 Å². The van der Waals surface area contributed by atoms with Gasteiger partial charge in [-0.1, -0.05) is 24.3 Å². The van der Waals surface area contributed by atoms with E-state index in [-0.39, 0.29) is 0 Å². The van der Waals surface area contributed by atoms with Crippen LogP contribution in [0.5, 0.6) is 0 Å². The summed E-state index contributed by atoms with van der Waals surface area (Å²) in [6.07, 6.45) is 4.73. The number of ether oxygens (including phenoxy) is 1. The van der Waals surface area contributed by atoms with Crippen LogP contribution < -0.4 is 4.90 Å². The number of hydrogen-bond acceptors (Lipinski definition) is 6. The van der Waals surface area contributed by atoms with Gasteiger partial charge < -0.3 is 14.6 Å². The third-order valence-electron chi connectivity index (χ3n) is 7.09. The molecule has 1 aliphatic carbocycles. The van der Waals surface area contributed by atoms with Gasteiger partial charge in [-0.25, -0.2) is 9.97 Å². The summed E-state index contributed by atoms with van der Waals surface area (Å²) in [4.78, 5) is 20.6. The van der Waals surface area contributed by atoms with Gasteiger partial charge in [0.2, 0.25) is 0 Å². The number of nitrogens with zero attached hydrogens (tertiary/aromatic N) is 5. The molecule has 0 amide bonds. The Morgan fingerprint density at radius 3 is 2.45 bits per heavy atom. The molecule has 1 aromatic carbocycles. The fourth-order valence-corrected chi connectivity index (χ4v) is 5.52. The second-order valence-electron chi connectivity index (χ2n) is 9.56. The Bertz CT molecular complexity index is 1100. The summed E-state index contributed by atoms with van der Waals surface area (Å²) in [6, 6.07) is 8.75. The normalized spacial score (nSPS) is 20.6. The smallest absolute Gasteiger partial charge is 0.180 e. The topological polar surface area (TPSA) is 60.5 Å². The molecule has 2 aliphatic heterocycles. The van der Waals surface area contributed by atoms with Crippen molar-refractivity contribution in [2.45, 2.75) is 19.4 Å². The van der Waals surface area contributed by atoms with Gasteiger partial charge in [-0.05, 0) is 40.3 Å². The number of halogens is 1. The van der Waals surface area contributed by atoms with E-state index in [9.17, 15) is 0 Å². The van der Waals surface area contributed by atoms with Crippen molar-refractivity contribution >= 4 is 32.8 Å². The molecule has 3 aliphatic rings. The standard InChI is InChI=1S/C25H31BrN6O/c26-21-15-27-25-22(23(21)32-9-7-30(8-10-32)16-18-1-2-18)28-24(29-25)20-5-3-19(4-6-20)17-31-11-13-33-14-12-31/h3-6,15,18H,1-2,7-14,16-17H2,(H,27,28,29). The van der Waals surface area contributed by atoms with E-state index in [2.05, 4.69) is 64.9 Å². The van der Waals surface area contributed by atoms with Crippen molar-refractivity contribution in [1.29, 1.82) is 0 Å². The van der Waals surface area contributed by atoms with Gasteiger partial charge in [0, 0.05) is 64.1 Å². The van der Waals surface area contributed by atoms with Crippen molar-refractivity contribution in [3.63, 3.8) is 0 Å². The fraction of sp³-hybridized carbons (Fsp3) is 0.520. The lowest BCUT2D eigenvalue weighted by Gasteiger charge is -2.36. The van der Waals surface area contributed by atoms with E-state index >= 15 is 0 Å². The molecule has 8 heteroatoms. The van der Waals surface area contributed by atoms with Crippen LogP contribution in [0.3, 0.4) is 0 Å². The van der Waals surface area contributed by atoms with Crippen molar-refractivity contribution in [3.05, 3.63) is 40.5 Å². The summed E-state index contributed by atoms with van der Waals surface area (Å²) < 4.78 is 6.49. The average Bonchev–Trinajstić information content (AvgIpc) is 3.56. The number of morpholine rings is 1. The quantitative estimate of drug-likeness (QED) is 0.544. The minimum Gasteiger partial charge on any atom is -0.379 e. The van der Waals surface area contributed by atoms with Crippen molar-refractivity contribution in [2.24, 2.45) is 5.92 Å². The molecule has 1 saturated carbocycles. The Morgan fingerprint density at radius 2 is 1.73 bits per heavy atom. The third kappa shape index (κ3) is 4.80. The highest BCUT2D eigenvalue weighted by Crippen LogP contribution is 2.35. The molecule has 0 radical (unpaired) electrons. The minimum atomic E-state index is 0.779. The summed E-state index contributed by atoms with van der Waals surface area (Å²) >= 11 is 3.76. The maximum atomic E-state index is 5.46. The van der Waals surface area contributed by atoms with Gasteiger partial charge in [-0.3, -0.25) is 9.80 Å². The predicted octanol–water partition coefficient (Wildman–Crippen LogP) is 3.75. The molecule has 4 heterocycles. The molecular weight excluding hydrogens is 480 g/mol. The van der Waals surface area contributed by atoms with Crippen LogP contribution in [0.2, 0.25) is 0 Å². The van der Waals surface area contributed by atoms with Gasteiger partial charge in [0.1, 0.15) is 11.3 Å². The van der Waals surface area contributed by atoms with Crippen molar-refractivity contribution < 1.29 is 4.74 Å². The Balaban J connectivity index is 1.20. The SMILES string of the molecule is Brc1cnc2nc(-c3ccc(CN4CCOCC4)cc3)[nH]c2c1N1CCN(CC2CC2)CC1. The molecular formula is C25H31BrN6O. The summed E-state index contributed by atoms with van der Waals surface area (Å²) in [5.41, 5.74) is 5.40. The lowest BCUT2D eigenvalue weighted by Crippen LogP contribution is -2.47. The van der Waals surface area contributed by atoms with Gasteiger partial charge in [-0.15, -0.1) is 0 Å². The summed E-state index contributed by atoms with van der Waals surface area (Å²) in [5.74, 6) is 1.83. The Kier molecular flexibility index (Phi) is 6.09. The predicted molar refractivity (Wildman–Crippen MR) is 134 cm³/mol. The van der Waals surface area contributed by atoms with Gasteiger partial charge >= 0.3 is 0 Å². The first-order valence-corrected chi connectivity index (χ1v) is 12.9. The molecule has 33 heavy (non-hydrogen) atoms. The number of anilines is 1. The molecule has 6 rings (SSSR count). The van der Waals surface area contributed by atoms with Gasteiger partial charge in [0.15, 0.2) is 5.65 Å².